The van der Waals surface area contributed by atoms with E-state index in [4.69, 9.17) is 9.98 Å². The molecule has 1 saturated heterocycles. The van der Waals surface area contributed by atoms with E-state index in [0.29, 0.717) is 10.5 Å². The van der Waals surface area contributed by atoms with Crippen molar-refractivity contribution in [2.75, 3.05) is 0 Å². The van der Waals surface area contributed by atoms with Gasteiger partial charge in [-0.25, -0.2) is 0 Å². The first kappa shape index (κ1) is 22.8. The van der Waals surface area contributed by atoms with E-state index >= 15 is 0 Å². The molecule has 2 atom stereocenters. The molecular formula is C27H36N2S. The Hall–Kier alpha value is -1.87. The summed E-state index contributed by atoms with van der Waals surface area (Å²) >= 11 is 2.05. The normalized spacial score (nSPS) is 20.5. The highest BCUT2D eigenvalue weighted by Gasteiger charge is 2.26. The van der Waals surface area contributed by atoms with Crippen LogP contribution in [0.2, 0.25) is 0 Å². The minimum absolute atomic E-state index is 0.467. The van der Waals surface area contributed by atoms with Crippen molar-refractivity contribution >= 4 is 34.6 Å². The highest BCUT2D eigenvalue weighted by Crippen LogP contribution is 2.36. The lowest BCUT2D eigenvalue weighted by Gasteiger charge is -2.29. The number of benzene rings is 2. The van der Waals surface area contributed by atoms with Gasteiger partial charge in [0.05, 0.1) is 11.4 Å². The number of hydrogen-bond donors (Lipinski definition) is 0. The van der Waals surface area contributed by atoms with Crippen LogP contribution in [-0.4, -0.2) is 21.9 Å². The number of aryl methyl sites for hydroxylation is 6. The van der Waals surface area contributed by atoms with Gasteiger partial charge >= 0.3 is 0 Å². The van der Waals surface area contributed by atoms with Gasteiger partial charge in [-0.15, -0.1) is 11.8 Å². The molecule has 0 N–H and O–H groups in total. The van der Waals surface area contributed by atoms with Crippen LogP contribution in [-0.2, 0) is 0 Å². The Bertz CT molecular complexity index is 874. The molecule has 0 amide bonds. The lowest BCUT2D eigenvalue weighted by molar-refractivity contribution is 0.702. The van der Waals surface area contributed by atoms with E-state index in [-0.39, 0.29) is 0 Å². The second kappa shape index (κ2) is 9.51. The fourth-order valence-electron chi connectivity index (χ4n) is 4.63. The Balaban J connectivity index is 1.82. The van der Waals surface area contributed by atoms with Crippen molar-refractivity contribution in [1.82, 2.24) is 0 Å². The van der Waals surface area contributed by atoms with Gasteiger partial charge in [-0.3, -0.25) is 9.98 Å². The fraction of sp³-hybridized carbons (Fsp3) is 0.481. The average molecular weight is 421 g/mol. The van der Waals surface area contributed by atoms with Gasteiger partial charge in [-0.05, 0) is 90.5 Å². The third-order valence-electron chi connectivity index (χ3n) is 6.04. The van der Waals surface area contributed by atoms with Gasteiger partial charge in [0.25, 0.3) is 0 Å². The fourth-order valence-corrected chi connectivity index (χ4v) is 6.13. The molecule has 30 heavy (non-hydrogen) atoms. The molecule has 2 nitrogen and oxygen atoms in total. The molecular weight excluding hydrogens is 384 g/mol. The molecule has 1 aliphatic heterocycles. The minimum Gasteiger partial charge on any atom is -0.256 e. The van der Waals surface area contributed by atoms with Crippen LogP contribution < -0.4 is 0 Å². The summed E-state index contributed by atoms with van der Waals surface area (Å²) in [7, 11) is 0. The molecule has 1 aliphatic rings. The first-order chi connectivity index (χ1) is 14.2. The Morgan fingerprint density at radius 2 is 1.00 bits per heavy atom. The van der Waals surface area contributed by atoms with Gasteiger partial charge in [0.2, 0.25) is 0 Å². The second-order valence-electron chi connectivity index (χ2n) is 9.05. The monoisotopic (exact) mass is 420 g/mol. The summed E-state index contributed by atoms with van der Waals surface area (Å²) < 4.78 is 0. The van der Waals surface area contributed by atoms with Crippen molar-refractivity contribution in [3.05, 3.63) is 57.6 Å². The lowest BCUT2D eigenvalue weighted by Crippen LogP contribution is -2.27. The summed E-state index contributed by atoms with van der Waals surface area (Å²) in [5, 5.41) is 0.934. The van der Waals surface area contributed by atoms with Crippen LogP contribution >= 0.6 is 11.8 Å². The van der Waals surface area contributed by atoms with Gasteiger partial charge in [0.1, 0.15) is 0 Å². The average Bonchev–Trinajstić information content (AvgIpc) is 2.67. The molecule has 2 aromatic rings. The van der Waals surface area contributed by atoms with E-state index in [1.54, 1.807) is 0 Å². The minimum atomic E-state index is 0.467. The van der Waals surface area contributed by atoms with Crippen molar-refractivity contribution in [2.45, 2.75) is 85.2 Å². The zero-order chi connectivity index (χ0) is 22.0. The third-order valence-corrected chi connectivity index (χ3v) is 7.85. The van der Waals surface area contributed by atoms with E-state index in [1.807, 2.05) is 0 Å². The van der Waals surface area contributed by atoms with Crippen molar-refractivity contribution < 1.29 is 0 Å². The van der Waals surface area contributed by atoms with Gasteiger partial charge in [0.15, 0.2) is 0 Å². The zero-order valence-corrected chi connectivity index (χ0v) is 20.7. The Morgan fingerprint density at radius 3 is 1.33 bits per heavy atom. The SMILES string of the molecule is CC(=Nc1c(C)cc(C)cc1C)C1CCCC(C(C)=Nc2c(C)cc(C)cc2C)S1. The van der Waals surface area contributed by atoms with Crippen LogP contribution in [0, 0.1) is 41.5 Å². The number of nitrogens with zero attached hydrogens (tertiary/aromatic N) is 2. The van der Waals surface area contributed by atoms with Gasteiger partial charge in [0, 0.05) is 21.9 Å². The highest BCUT2D eigenvalue weighted by molar-refractivity contribution is 8.02. The molecule has 1 heterocycles. The number of hydrogen-bond acceptors (Lipinski definition) is 3. The molecule has 0 bridgehead atoms. The van der Waals surface area contributed by atoms with E-state index in [9.17, 15) is 0 Å². The Morgan fingerprint density at radius 1 is 0.667 bits per heavy atom. The van der Waals surface area contributed by atoms with E-state index < -0.39 is 0 Å². The highest BCUT2D eigenvalue weighted by atomic mass is 32.2. The molecule has 0 radical (unpaired) electrons. The number of rotatable bonds is 4. The Kier molecular flexibility index (Phi) is 7.23. The first-order valence-corrected chi connectivity index (χ1v) is 12.0. The molecule has 3 rings (SSSR count). The molecule has 2 unspecified atom stereocenters. The Labute approximate surface area is 187 Å². The molecule has 0 saturated carbocycles. The third kappa shape index (κ3) is 5.24. The van der Waals surface area contributed by atoms with Crippen LogP contribution in [0.5, 0.6) is 0 Å². The summed E-state index contributed by atoms with van der Waals surface area (Å²) in [5.74, 6) is 0. The first-order valence-electron chi connectivity index (χ1n) is 11.1. The van der Waals surface area contributed by atoms with Crippen LogP contribution in [0.4, 0.5) is 11.4 Å². The smallest absolute Gasteiger partial charge is 0.0687 e. The number of aliphatic imine (C=N–C) groups is 2. The lowest BCUT2D eigenvalue weighted by atomic mass is 10.0. The van der Waals surface area contributed by atoms with Crippen molar-refractivity contribution in [3.63, 3.8) is 0 Å². The molecule has 1 fully saturated rings. The van der Waals surface area contributed by atoms with E-state index in [2.05, 4.69) is 91.4 Å². The predicted octanol–water partition coefficient (Wildman–Crippen LogP) is 8.08. The quantitative estimate of drug-likeness (QED) is 0.459. The van der Waals surface area contributed by atoms with Crippen LogP contribution in [0.15, 0.2) is 34.3 Å². The number of thioether (sulfide) groups is 1. The summed E-state index contributed by atoms with van der Waals surface area (Å²) in [4.78, 5) is 10.2. The van der Waals surface area contributed by atoms with Gasteiger partial charge in [-0.1, -0.05) is 41.8 Å². The molecule has 0 aliphatic carbocycles. The summed E-state index contributed by atoms with van der Waals surface area (Å²) in [6.45, 7) is 17.4. The van der Waals surface area contributed by atoms with Gasteiger partial charge in [-0.2, -0.15) is 0 Å². The van der Waals surface area contributed by atoms with Crippen LogP contribution in [0.25, 0.3) is 0 Å². The zero-order valence-electron chi connectivity index (χ0n) is 19.9. The van der Waals surface area contributed by atoms with E-state index in [0.717, 1.165) is 11.4 Å². The summed E-state index contributed by atoms with van der Waals surface area (Å²) in [6, 6.07) is 8.94. The maximum atomic E-state index is 5.09. The second-order valence-corrected chi connectivity index (χ2v) is 10.5. The van der Waals surface area contributed by atoms with Crippen molar-refractivity contribution in [1.29, 1.82) is 0 Å². The maximum absolute atomic E-state index is 5.09. The van der Waals surface area contributed by atoms with Crippen LogP contribution in [0.3, 0.4) is 0 Å². The predicted molar refractivity (Wildman–Crippen MR) is 136 cm³/mol. The molecule has 160 valence electrons. The molecule has 0 aromatic heterocycles. The standard InChI is InChI=1S/C27H36N2S/c1-16-12-18(3)26(19(4)13-16)28-22(7)24-10-9-11-25(30-24)23(8)29-27-20(5)14-17(2)15-21(27)6/h12-15,24-25H,9-11H2,1-8H3. The van der Waals surface area contributed by atoms with E-state index in [1.165, 1.54) is 64.1 Å². The largest absolute Gasteiger partial charge is 0.256 e. The molecule has 3 heteroatoms. The van der Waals surface area contributed by atoms with Gasteiger partial charge < -0.3 is 0 Å². The maximum Gasteiger partial charge on any atom is 0.0687 e. The molecule has 0 spiro atoms. The summed E-state index contributed by atoms with van der Waals surface area (Å²) in [5.41, 5.74) is 12.5. The van der Waals surface area contributed by atoms with Crippen molar-refractivity contribution in [3.8, 4) is 0 Å². The molecule has 2 aromatic carbocycles. The van der Waals surface area contributed by atoms with Crippen molar-refractivity contribution in [2.24, 2.45) is 9.98 Å². The topological polar surface area (TPSA) is 24.7 Å². The van der Waals surface area contributed by atoms with Crippen LogP contribution in [0.1, 0.15) is 66.5 Å². The summed E-state index contributed by atoms with van der Waals surface area (Å²) in [6.07, 6.45) is 3.65.